The van der Waals surface area contributed by atoms with E-state index in [0.29, 0.717) is 25.4 Å². The van der Waals surface area contributed by atoms with Crippen LogP contribution in [-0.2, 0) is 16.1 Å². The summed E-state index contributed by atoms with van der Waals surface area (Å²) < 4.78 is 6.43. The van der Waals surface area contributed by atoms with Gasteiger partial charge in [-0.1, -0.05) is 11.3 Å². The van der Waals surface area contributed by atoms with Gasteiger partial charge in [0.2, 0.25) is 0 Å². The van der Waals surface area contributed by atoms with Crippen molar-refractivity contribution in [2.75, 3.05) is 19.8 Å². The van der Waals surface area contributed by atoms with Crippen molar-refractivity contribution in [2.24, 2.45) is 0 Å². The first-order valence-electron chi connectivity index (χ1n) is 5.74. The van der Waals surface area contributed by atoms with E-state index < -0.39 is 12.0 Å². The van der Waals surface area contributed by atoms with Crippen LogP contribution in [0, 0.1) is 0 Å². The van der Waals surface area contributed by atoms with Gasteiger partial charge < -0.3 is 9.84 Å². The van der Waals surface area contributed by atoms with Crippen LogP contribution in [0.2, 0.25) is 0 Å². The van der Waals surface area contributed by atoms with Gasteiger partial charge >= 0.3 is 5.97 Å². The van der Waals surface area contributed by atoms with Crippen molar-refractivity contribution in [3.63, 3.8) is 0 Å². The summed E-state index contributed by atoms with van der Waals surface area (Å²) in [6, 6.07) is -0.671. The van der Waals surface area contributed by atoms with Crippen LogP contribution in [0.5, 0.6) is 0 Å². The number of carbonyl (C=O) groups excluding carboxylic acids is 1. The molecule has 0 fully saturated rings. The maximum absolute atomic E-state index is 11.8. The second-order valence-electron chi connectivity index (χ2n) is 3.51. The minimum absolute atomic E-state index is 0.0348. The molecule has 18 heavy (non-hydrogen) atoms. The highest BCUT2D eigenvalue weighted by Gasteiger charge is 2.24. The lowest BCUT2D eigenvalue weighted by molar-refractivity contribution is -0.145. The maximum atomic E-state index is 11.8. The molecule has 0 aliphatic rings. The molecule has 0 aliphatic heterocycles. The van der Waals surface area contributed by atoms with E-state index in [1.807, 2.05) is 0 Å². The highest BCUT2D eigenvalue weighted by molar-refractivity contribution is 5.76. The average Bonchev–Trinajstić information content (AvgIpc) is 2.79. The fourth-order valence-corrected chi connectivity index (χ4v) is 1.39. The number of esters is 1. The number of aliphatic hydroxyl groups is 1. The number of hydrogen-bond acceptors (Lipinski definition) is 6. The second kappa shape index (κ2) is 7.57. The van der Waals surface area contributed by atoms with E-state index in [9.17, 15) is 4.79 Å². The minimum Gasteiger partial charge on any atom is -0.465 e. The molecule has 1 aromatic rings. The SMILES string of the molecule is C=CCNC(C(=O)OCC)c1cn(CCO)nn1. The summed E-state index contributed by atoms with van der Waals surface area (Å²) in [5.74, 6) is -0.407. The van der Waals surface area contributed by atoms with Crippen LogP contribution in [0.15, 0.2) is 18.9 Å². The summed E-state index contributed by atoms with van der Waals surface area (Å²) in [6.07, 6.45) is 3.25. The van der Waals surface area contributed by atoms with Crippen LogP contribution in [0.25, 0.3) is 0 Å². The molecule has 100 valence electrons. The van der Waals surface area contributed by atoms with E-state index in [-0.39, 0.29) is 6.61 Å². The molecule has 1 heterocycles. The molecule has 0 radical (unpaired) electrons. The van der Waals surface area contributed by atoms with Crippen molar-refractivity contribution < 1.29 is 14.6 Å². The predicted octanol–water partition coefficient (Wildman–Crippen LogP) is -0.350. The van der Waals surface area contributed by atoms with Gasteiger partial charge in [-0.2, -0.15) is 0 Å². The summed E-state index contributed by atoms with van der Waals surface area (Å²) in [5, 5.41) is 19.5. The lowest BCUT2D eigenvalue weighted by Gasteiger charge is -2.13. The standard InChI is InChI=1S/C11H18N4O3/c1-3-5-12-10(11(17)18-4-2)9-8-15(6-7-16)14-13-9/h3,8,10,12,16H,1,4-7H2,2H3. The van der Waals surface area contributed by atoms with Crippen molar-refractivity contribution in [1.29, 1.82) is 0 Å². The first kappa shape index (κ1) is 14.3. The summed E-state index contributed by atoms with van der Waals surface area (Å²) >= 11 is 0. The van der Waals surface area contributed by atoms with E-state index in [1.54, 1.807) is 19.2 Å². The van der Waals surface area contributed by atoms with Gasteiger partial charge in [-0.3, -0.25) is 5.32 Å². The zero-order valence-electron chi connectivity index (χ0n) is 10.4. The summed E-state index contributed by atoms with van der Waals surface area (Å²) in [4.78, 5) is 11.8. The van der Waals surface area contributed by atoms with Crippen molar-refractivity contribution >= 4 is 5.97 Å². The molecule has 1 atom stereocenters. The Bertz CT molecular complexity index is 391. The normalized spacial score (nSPS) is 12.1. The van der Waals surface area contributed by atoms with Crippen LogP contribution < -0.4 is 5.32 Å². The molecule has 1 unspecified atom stereocenters. The van der Waals surface area contributed by atoms with Gasteiger partial charge in [0.25, 0.3) is 0 Å². The second-order valence-corrected chi connectivity index (χ2v) is 3.51. The zero-order chi connectivity index (χ0) is 13.4. The predicted molar refractivity (Wildman–Crippen MR) is 64.7 cm³/mol. The Morgan fingerprint density at radius 2 is 2.56 bits per heavy atom. The van der Waals surface area contributed by atoms with Gasteiger partial charge in [0.1, 0.15) is 5.69 Å². The van der Waals surface area contributed by atoms with Crippen LogP contribution in [0.3, 0.4) is 0 Å². The summed E-state index contributed by atoms with van der Waals surface area (Å²) in [7, 11) is 0. The molecule has 0 aliphatic carbocycles. The Hall–Kier alpha value is -1.73. The zero-order valence-corrected chi connectivity index (χ0v) is 10.4. The number of hydrogen-bond donors (Lipinski definition) is 2. The topological polar surface area (TPSA) is 89.3 Å². The maximum Gasteiger partial charge on any atom is 0.329 e. The molecule has 1 aromatic heterocycles. The smallest absolute Gasteiger partial charge is 0.329 e. The third-order valence-corrected chi connectivity index (χ3v) is 2.17. The third kappa shape index (κ3) is 3.94. The first-order chi connectivity index (χ1) is 8.72. The molecule has 0 bridgehead atoms. The fraction of sp³-hybridized carbons (Fsp3) is 0.545. The minimum atomic E-state index is -0.671. The molecule has 0 aromatic carbocycles. The van der Waals surface area contributed by atoms with Crippen LogP contribution in [0.4, 0.5) is 0 Å². The number of nitrogens with one attached hydrogen (secondary N) is 1. The molecule has 0 saturated heterocycles. The number of aromatic nitrogens is 3. The largest absolute Gasteiger partial charge is 0.465 e. The van der Waals surface area contributed by atoms with Gasteiger partial charge in [0.05, 0.1) is 26.0 Å². The molecular weight excluding hydrogens is 236 g/mol. The number of rotatable bonds is 8. The molecule has 2 N–H and O–H groups in total. The van der Waals surface area contributed by atoms with E-state index in [1.165, 1.54) is 4.68 Å². The third-order valence-electron chi connectivity index (χ3n) is 2.17. The molecule has 0 saturated carbocycles. The van der Waals surface area contributed by atoms with Crippen LogP contribution >= 0.6 is 0 Å². The lowest BCUT2D eigenvalue weighted by atomic mass is 10.2. The highest BCUT2D eigenvalue weighted by Crippen LogP contribution is 2.11. The highest BCUT2D eigenvalue weighted by atomic mass is 16.5. The summed E-state index contributed by atoms with van der Waals surface area (Å²) in [6.45, 7) is 6.38. The van der Waals surface area contributed by atoms with E-state index in [0.717, 1.165) is 0 Å². The fourth-order valence-electron chi connectivity index (χ4n) is 1.39. The van der Waals surface area contributed by atoms with Crippen molar-refractivity contribution in [3.05, 3.63) is 24.5 Å². The Kier molecular flexibility index (Phi) is 6.03. The van der Waals surface area contributed by atoms with Gasteiger partial charge in [0, 0.05) is 6.54 Å². The average molecular weight is 254 g/mol. The van der Waals surface area contributed by atoms with E-state index in [2.05, 4.69) is 22.2 Å². The Morgan fingerprint density at radius 1 is 1.78 bits per heavy atom. The van der Waals surface area contributed by atoms with Crippen molar-refractivity contribution in [2.45, 2.75) is 19.5 Å². The Labute approximate surface area is 105 Å². The van der Waals surface area contributed by atoms with E-state index in [4.69, 9.17) is 9.84 Å². The molecule has 1 rings (SSSR count). The van der Waals surface area contributed by atoms with Gasteiger partial charge in [0.15, 0.2) is 6.04 Å². The van der Waals surface area contributed by atoms with Crippen molar-refractivity contribution in [3.8, 4) is 0 Å². The number of carbonyl (C=O) groups is 1. The van der Waals surface area contributed by atoms with E-state index >= 15 is 0 Å². The monoisotopic (exact) mass is 254 g/mol. The van der Waals surface area contributed by atoms with Gasteiger partial charge in [-0.05, 0) is 6.92 Å². The summed E-state index contributed by atoms with van der Waals surface area (Å²) in [5.41, 5.74) is 0.462. The molecule has 0 spiro atoms. The number of ether oxygens (including phenoxy) is 1. The lowest BCUT2D eigenvalue weighted by Crippen LogP contribution is -2.30. The Balaban J connectivity index is 2.79. The number of aliphatic hydroxyl groups excluding tert-OH is 1. The molecule has 0 amide bonds. The van der Waals surface area contributed by atoms with Gasteiger partial charge in [-0.15, -0.1) is 11.7 Å². The Morgan fingerprint density at radius 3 is 3.17 bits per heavy atom. The van der Waals surface area contributed by atoms with Crippen LogP contribution in [0.1, 0.15) is 18.7 Å². The van der Waals surface area contributed by atoms with Crippen LogP contribution in [-0.4, -0.2) is 45.8 Å². The van der Waals surface area contributed by atoms with Gasteiger partial charge in [-0.25, -0.2) is 9.48 Å². The molecular formula is C11H18N4O3. The molecule has 7 heteroatoms. The number of nitrogens with zero attached hydrogens (tertiary/aromatic N) is 3. The first-order valence-corrected chi connectivity index (χ1v) is 5.74. The quantitative estimate of drug-likeness (QED) is 0.487. The molecule has 7 nitrogen and oxygen atoms in total. The van der Waals surface area contributed by atoms with Crippen molar-refractivity contribution in [1.82, 2.24) is 20.3 Å².